The Bertz CT molecular complexity index is 279. The van der Waals surface area contributed by atoms with Crippen LogP contribution in [0, 0.1) is 0 Å². The van der Waals surface area contributed by atoms with Crippen molar-refractivity contribution < 1.29 is 9.59 Å². The molecule has 0 radical (unpaired) electrons. The molecular formula is C12H23N3O2. The smallest absolute Gasteiger partial charge is 0.242 e. The van der Waals surface area contributed by atoms with Crippen molar-refractivity contribution in [2.45, 2.75) is 33.2 Å². The molecule has 0 unspecified atom stereocenters. The van der Waals surface area contributed by atoms with Gasteiger partial charge in [-0.05, 0) is 6.42 Å². The maximum atomic E-state index is 11.8. The Labute approximate surface area is 103 Å². The quantitative estimate of drug-likeness (QED) is 0.716. The van der Waals surface area contributed by atoms with E-state index in [1.807, 2.05) is 6.92 Å². The van der Waals surface area contributed by atoms with Crippen molar-refractivity contribution in [1.82, 2.24) is 15.1 Å². The van der Waals surface area contributed by atoms with Crippen LogP contribution in [0.3, 0.4) is 0 Å². The van der Waals surface area contributed by atoms with Crippen molar-refractivity contribution in [2.24, 2.45) is 0 Å². The van der Waals surface area contributed by atoms with Gasteiger partial charge in [-0.1, -0.05) is 20.8 Å². The Morgan fingerprint density at radius 1 is 1.12 bits per heavy atom. The lowest BCUT2D eigenvalue weighted by atomic mass is 10.2. The molecule has 1 aliphatic rings. The molecule has 1 rings (SSSR count). The number of carbonyl (C=O) groups excluding carboxylic acids is 2. The number of hydrogen-bond acceptors (Lipinski definition) is 3. The molecule has 0 aromatic rings. The summed E-state index contributed by atoms with van der Waals surface area (Å²) in [5.41, 5.74) is 0. The molecule has 1 aliphatic heterocycles. The highest BCUT2D eigenvalue weighted by Gasteiger charge is 2.28. The molecule has 0 atom stereocenters. The maximum absolute atomic E-state index is 11.8. The molecule has 0 saturated carbocycles. The van der Waals surface area contributed by atoms with Gasteiger partial charge in [-0.3, -0.25) is 9.59 Å². The second-order valence-corrected chi connectivity index (χ2v) is 4.74. The van der Waals surface area contributed by atoms with Crippen molar-refractivity contribution in [2.75, 3.05) is 32.7 Å². The summed E-state index contributed by atoms with van der Waals surface area (Å²) in [5.74, 6) is 0.125. The zero-order chi connectivity index (χ0) is 12.8. The number of amides is 2. The number of nitrogens with zero attached hydrogens (tertiary/aromatic N) is 2. The fourth-order valence-corrected chi connectivity index (χ4v) is 1.87. The van der Waals surface area contributed by atoms with Crippen LogP contribution in [0.4, 0.5) is 0 Å². The van der Waals surface area contributed by atoms with Gasteiger partial charge < -0.3 is 15.1 Å². The van der Waals surface area contributed by atoms with E-state index in [0.29, 0.717) is 19.1 Å². The van der Waals surface area contributed by atoms with Crippen LogP contribution < -0.4 is 5.32 Å². The zero-order valence-electron chi connectivity index (χ0n) is 11.0. The summed E-state index contributed by atoms with van der Waals surface area (Å²) < 4.78 is 0. The highest BCUT2D eigenvalue weighted by Crippen LogP contribution is 2.05. The Morgan fingerprint density at radius 2 is 1.65 bits per heavy atom. The Morgan fingerprint density at radius 3 is 2.12 bits per heavy atom. The molecule has 1 fully saturated rings. The van der Waals surface area contributed by atoms with Gasteiger partial charge in [0.25, 0.3) is 0 Å². The van der Waals surface area contributed by atoms with Gasteiger partial charge in [0.2, 0.25) is 11.8 Å². The minimum absolute atomic E-state index is 0.0589. The SMILES string of the molecule is CCCN1CC(=O)N(CCNC(C)C)CC1=O. The first kappa shape index (κ1) is 14.0. The van der Waals surface area contributed by atoms with Crippen molar-refractivity contribution >= 4 is 11.8 Å². The molecule has 5 heteroatoms. The highest BCUT2D eigenvalue weighted by atomic mass is 16.2. The molecule has 1 heterocycles. The van der Waals surface area contributed by atoms with Gasteiger partial charge in [0.1, 0.15) is 0 Å². The Hall–Kier alpha value is -1.10. The Kier molecular flexibility index (Phi) is 5.41. The van der Waals surface area contributed by atoms with Crippen molar-refractivity contribution in [3.63, 3.8) is 0 Å². The third-order valence-electron chi connectivity index (χ3n) is 2.79. The van der Waals surface area contributed by atoms with E-state index in [1.54, 1.807) is 9.80 Å². The lowest BCUT2D eigenvalue weighted by molar-refractivity contribution is -0.150. The van der Waals surface area contributed by atoms with Crippen LogP contribution >= 0.6 is 0 Å². The van der Waals surface area contributed by atoms with Crippen LogP contribution in [-0.2, 0) is 9.59 Å². The first-order chi connectivity index (χ1) is 8.04. The van der Waals surface area contributed by atoms with E-state index in [-0.39, 0.29) is 24.9 Å². The number of piperazine rings is 1. The van der Waals surface area contributed by atoms with Crippen LogP contribution in [0.2, 0.25) is 0 Å². The van der Waals surface area contributed by atoms with Crippen LogP contribution in [0.25, 0.3) is 0 Å². The molecule has 17 heavy (non-hydrogen) atoms. The fourth-order valence-electron chi connectivity index (χ4n) is 1.87. The minimum Gasteiger partial charge on any atom is -0.332 e. The lowest BCUT2D eigenvalue weighted by Crippen LogP contribution is -2.55. The summed E-state index contributed by atoms with van der Waals surface area (Å²) in [6.07, 6.45) is 0.897. The molecule has 98 valence electrons. The molecule has 0 aromatic heterocycles. The summed E-state index contributed by atoms with van der Waals surface area (Å²) >= 11 is 0. The maximum Gasteiger partial charge on any atom is 0.242 e. The number of nitrogens with one attached hydrogen (secondary N) is 1. The van der Waals surface area contributed by atoms with Gasteiger partial charge in [-0.15, -0.1) is 0 Å². The monoisotopic (exact) mass is 241 g/mol. The Balaban J connectivity index is 2.39. The van der Waals surface area contributed by atoms with Gasteiger partial charge >= 0.3 is 0 Å². The third kappa shape index (κ3) is 4.34. The minimum atomic E-state index is 0.0589. The molecule has 2 amide bonds. The molecule has 0 aromatic carbocycles. The number of rotatable bonds is 6. The highest BCUT2D eigenvalue weighted by molar-refractivity contribution is 5.92. The van der Waals surface area contributed by atoms with Gasteiger partial charge in [0.05, 0.1) is 13.1 Å². The second-order valence-electron chi connectivity index (χ2n) is 4.74. The van der Waals surface area contributed by atoms with Crippen molar-refractivity contribution in [3.8, 4) is 0 Å². The predicted molar refractivity (Wildman–Crippen MR) is 66.6 cm³/mol. The largest absolute Gasteiger partial charge is 0.332 e. The molecule has 1 saturated heterocycles. The number of carbonyl (C=O) groups is 2. The van der Waals surface area contributed by atoms with E-state index in [0.717, 1.165) is 13.0 Å². The van der Waals surface area contributed by atoms with Crippen molar-refractivity contribution in [1.29, 1.82) is 0 Å². The van der Waals surface area contributed by atoms with E-state index in [1.165, 1.54) is 0 Å². The first-order valence-corrected chi connectivity index (χ1v) is 6.33. The third-order valence-corrected chi connectivity index (χ3v) is 2.79. The van der Waals surface area contributed by atoms with Crippen LogP contribution in [0.15, 0.2) is 0 Å². The molecule has 1 N–H and O–H groups in total. The van der Waals surface area contributed by atoms with E-state index < -0.39 is 0 Å². The van der Waals surface area contributed by atoms with Gasteiger partial charge in [0, 0.05) is 25.7 Å². The zero-order valence-corrected chi connectivity index (χ0v) is 11.0. The van der Waals surface area contributed by atoms with E-state index in [2.05, 4.69) is 19.2 Å². The summed E-state index contributed by atoms with van der Waals surface area (Å²) in [5, 5.41) is 3.25. The van der Waals surface area contributed by atoms with Crippen LogP contribution in [0.1, 0.15) is 27.2 Å². The van der Waals surface area contributed by atoms with Crippen LogP contribution in [0.5, 0.6) is 0 Å². The first-order valence-electron chi connectivity index (χ1n) is 6.33. The average molecular weight is 241 g/mol. The summed E-state index contributed by atoms with van der Waals surface area (Å²) in [6, 6.07) is 0.405. The molecule has 0 spiro atoms. The summed E-state index contributed by atoms with van der Waals surface area (Å²) in [4.78, 5) is 26.8. The molecule has 0 aliphatic carbocycles. The fraction of sp³-hybridized carbons (Fsp3) is 0.833. The second kappa shape index (κ2) is 6.59. The molecule has 5 nitrogen and oxygen atoms in total. The lowest BCUT2D eigenvalue weighted by Gasteiger charge is -2.33. The van der Waals surface area contributed by atoms with E-state index in [4.69, 9.17) is 0 Å². The van der Waals surface area contributed by atoms with Gasteiger partial charge in [-0.2, -0.15) is 0 Å². The standard InChI is InChI=1S/C12H23N3O2/c1-4-6-14-8-12(17)15(9-11(14)16)7-5-13-10(2)3/h10,13H,4-9H2,1-3H3. The van der Waals surface area contributed by atoms with Crippen LogP contribution in [-0.4, -0.2) is 60.4 Å². The topological polar surface area (TPSA) is 52.7 Å². The van der Waals surface area contributed by atoms with Gasteiger partial charge in [-0.25, -0.2) is 0 Å². The molecule has 0 bridgehead atoms. The van der Waals surface area contributed by atoms with Crippen molar-refractivity contribution in [3.05, 3.63) is 0 Å². The van der Waals surface area contributed by atoms with E-state index in [9.17, 15) is 9.59 Å². The number of hydrogen-bond donors (Lipinski definition) is 1. The molecular weight excluding hydrogens is 218 g/mol. The van der Waals surface area contributed by atoms with E-state index >= 15 is 0 Å². The average Bonchev–Trinajstić information content (AvgIpc) is 2.24. The van der Waals surface area contributed by atoms with Gasteiger partial charge in [0.15, 0.2) is 0 Å². The normalized spacial score (nSPS) is 17.2. The summed E-state index contributed by atoms with van der Waals surface area (Å²) in [6.45, 7) is 8.65. The predicted octanol–water partition coefficient (Wildman–Crippen LogP) is 0.0652. The summed E-state index contributed by atoms with van der Waals surface area (Å²) in [7, 11) is 0.